The molecule has 0 aliphatic heterocycles. The molecule has 0 aromatic heterocycles. The highest BCUT2D eigenvalue weighted by Gasteiger charge is 2.64. The van der Waals surface area contributed by atoms with Gasteiger partial charge in [0.2, 0.25) is 5.78 Å². The van der Waals surface area contributed by atoms with Gasteiger partial charge in [0.25, 0.3) is 5.91 Å². The summed E-state index contributed by atoms with van der Waals surface area (Å²) in [6, 6.07) is 9.05. The van der Waals surface area contributed by atoms with Crippen molar-refractivity contribution in [2.45, 2.75) is 24.5 Å². The number of hydrogen-bond acceptors (Lipinski definition) is 9. The average molecular weight is 506 g/mol. The van der Waals surface area contributed by atoms with Gasteiger partial charge in [-0.15, -0.1) is 0 Å². The van der Waals surface area contributed by atoms with Crippen LogP contribution in [-0.2, 0) is 20.8 Å². The molecule has 1 saturated carbocycles. The number of phenolic OH excluding ortho intramolecular Hbond substituents is 1. The van der Waals surface area contributed by atoms with Gasteiger partial charge in [0, 0.05) is 17.2 Å². The molecule has 2 aromatic rings. The lowest BCUT2D eigenvalue weighted by Crippen LogP contribution is -2.65. The second-order valence-corrected chi connectivity index (χ2v) is 10.1. The van der Waals surface area contributed by atoms with Crippen molar-refractivity contribution in [3.8, 4) is 16.9 Å². The van der Waals surface area contributed by atoms with Gasteiger partial charge in [0.1, 0.15) is 22.8 Å². The lowest BCUT2D eigenvalue weighted by Gasteiger charge is -2.50. The summed E-state index contributed by atoms with van der Waals surface area (Å²) in [4.78, 5) is 40.6. The third-order valence-electron chi connectivity index (χ3n) is 7.80. The summed E-state index contributed by atoms with van der Waals surface area (Å²) >= 11 is 0. The van der Waals surface area contributed by atoms with Gasteiger partial charge in [0.15, 0.2) is 11.4 Å². The van der Waals surface area contributed by atoms with E-state index >= 15 is 0 Å². The standard InChI is InChI=1S/C27H27N3O7/c1-30(2)21-16-10-12-9-15-14(11-4-3-5-13(28)8-11)6-7-17(31)19(15)22(32)18(12)24(34)27(16,37)25(35)20(23(21)33)26(29)36/h3-8,12,16,21,31-32,35,37H,9-10,28H2,1-2H3,(H2,29,36)/t12-,16-,21-,27-/m1/s1. The number of aromatic hydroxyl groups is 1. The highest BCUT2D eigenvalue weighted by molar-refractivity contribution is 6.24. The predicted octanol–water partition coefficient (Wildman–Crippen LogP) is 1.21. The molecule has 0 radical (unpaired) electrons. The van der Waals surface area contributed by atoms with E-state index in [4.69, 9.17) is 11.5 Å². The van der Waals surface area contributed by atoms with Gasteiger partial charge in [-0.3, -0.25) is 19.3 Å². The zero-order chi connectivity index (χ0) is 27.0. The second kappa shape index (κ2) is 8.19. The van der Waals surface area contributed by atoms with Gasteiger partial charge in [-0.25, -0.2) is 0 Å². The Bertz CT molecular complexity index is 1460. The molecule has 37 heavy (non-hydrogen) atoms. The van der Waals surface area contributed by atoms with Crippen LogP contribution in [0.5, 0.6) is 5.75 Å². The number of aliphatic hydroxyl groups is 3. The fourth-order valence-electron chi connectivity index (χ4n) is 6.22. The van der Waals surface area contributed by atoms with Crippen molar-refractivity contribution in [3.05, 3.63) is 64.4 Å². The van der Waals surface area contributed by atoms with Gasteiger partial charge < -0.3 is 31.9 Å². The highest BCUT2D eigenvalue weighted by atomic mass is 16.3. The minimum absolute atomic E-state index is 0.0256. The van der Waals surface area contributed by atoms with E-state index in [1.54, 1.807) is 38.4 Å². The number of nitrogens with zero attached hydrogens (tertiary/aromatic N) is 1. The van der Waals surface area contributed by atoms with Gasteiger partial charge in [-0.05, 0) is 67.7 Å². The van der Waals surface area contributed by atoms with Crippen LogP contribution >= 0.6 is 0 Å². The van der Waals surface area contributed by atoms with E-state index in [0.717, 1.165) is 5.56 Å². The van der Waals surface area contributed by atoms with Crippen LogP contribution in [0.3, 0.4) is 0 Å². The second-order valence-electron chi connectivity index (χ2n) is 10.1. The number of aliphatic hydroxyl groups excluding tert-OH is 2. The summed E-state index contributed by atoms with van der Waals surface area (Å²) in [5.74, 6) is -6.78. The molecule has 1 amide bonds. The quantitative estimate of drug-likeness (QED) is 0.263. The molecule has 0 spiro atoms. The normalized spacial score (nSPS) is 27.2. The SMILES string of the molecule is CN(C)[C@H]1C(=O)C(C(N)=O)=C(O)[C@]2(O)C(=O)C3=C(O)c4c(O)ccc(-c5cccc(N)c5)c4C[C@@H]3C[C@H]12. The number of anilines is 1. The molecule has 3 aliphatic rings. The zero-order valence-corrected chi connectivity index (χ0v) is 20.2. The first-order chi connectivity index (χ1) is 17.4. The Morgan fingerprint density at radius 3 is 2.43 bits per heavy atom. The number of nitrogen functional groups attached to an aromatic ring is 1. The molecule has 0 saturated heterocycles. The number of nitrogens with two attached hydrogens (primary N) is 2. The van der Waals surface area contributed by atoms with Gasteiger partial charge in [-0.1, -0.05) is 18.2 Å². The molecule has 192 valence electrons. The van der Waals surface area contributed by atoms with Crippen molar-refractivity contribution >= 4 is 28.9 Å². The number of carbonyl (C=O) groups excluding carboxylic acids is 3. The fourth-order valence-corrected chi connectivity index (χ4v) is 6.22. The fraction of sp³-hybridized carbons (Fsp3) is 0.296. The van der Waals surface area contributed by atoms with Crippen LogP contribution in [-0.4, -0.2) is 68.5 Å². The Labute approximate surface area is 212 Å². The molecule has 0 bridgehead atoms. The van der Waals surface area contributed by atoms with E-state index < -0.39 is 58.0 Å². The molecule has 2 aromatic carbocycles. The van der Waals surface area contributed by atoms with E-state index in [9.17, 15) is 34.8 Å². The molecule has 3 aliphatic carbocycles. The van der Waals surface area contributed by atoms with E-state index in [1.807, 2.05) is 6.07 Å². The molecular formula is C27H27N3O7. The Kier molecular flexibility index (Phi) is 5.43. The lowest BCUT2D eigenvalue weighted by molar-refractivity contribution is -0.153. The lowest BCUT2D eigenvalue weighted by atomic mass is 9.57. The van der Waals surface area contributed by atoms with E-state index in [0.29, 0.717) is 16.8 Å². The Morgan fingerprint density at radius 2 is 1.81 bits per heavy atom. The minimum atomic E-state index is -2.66. The third-order valence-corrected chi connectivity index (χ3v) is 7.80. The number of carbonyl (C=O) groups is 3. The largest absolute Gasteiger partial charge is 0.508 e. The van der Waals surface area contributed by atoms with Crippen LogP contribution in [0.4, 0.5) is 5.69 Å². The number of likely N-dealkylation sites (N-methyl/N-ethyl adjacent to an activating group) is 1. The molecule has 10 nitrogen and oxygen atoms in total. The number of Topliss-reactive ketones (excluding diaryl/α,β-unsaturated/α-hetero) is 2. The maximum absolute atomic E-state index is 13.9. The molecule has 0 unspecified atom stereocenters. The zero-order valence-electron chi connectivity index (χ0n) is 20.2. The summed E-state index contributed by atoms with van der Waals surface area (Å²) in [5.41, 5.74) is 10.2. The summed E-state index contributed by atoms with van der Waals surface area (Å²) in [6.45, 7) is 0. The first kappa shape index (κ1) is 24.5. The third kappa shape index (κ3) is 3.29. The maximum atomic E-state index is 13.9. The number of phenols is 1. The van der Waals surface area contributed by atoms with Gasteiger partial charge in [-0.2, -0.15) is 0 Å². The first-order valence-corrected chi connectivity index (χ1v) is 11.7. The van der Waals surface area contributed by atoms with Crippen molar-refractivity contribution in [3.63, 3.8) is 0 Å². The van der Waals surface area contributed by atoms with Crippen LogP contribution in [0.25, 0.3) is 16.9 Å². The van der Waals surface area contributed by atoms with E-state index in [2.05, 4.69) is 0 Å². The summed E-state index contributed by atoms with van der Waals surface area (Å²) in [5, 5.41) is 44.5. The molecule has 0 heterocycles. The average Bonchev–Trinajstić information content (AvgIpc) is 2.81. The first-order valence-electron chi connectivity index (χ1n) is 11.7. The van der Waals surface area contributed by atoms with E-state index in [1.165, 1.54) is 11.0 Å². The van der Waals surface area contributed by atoms with Crippen LogP contribution in [0.2, 0.25) is 0 Å². The topological polar surface area (TPSA) is 187 Å². The van der Waals surface area contributed by atoms with Crippen LogP contribution in [0.15, 0.2) is 53.3 Å². The number of benzene rings is 2. The molecule has 10 heteroatoms. The Morgan fingerprint density at radius 1 is 1.11 bits per heavy atom. The van der Waals surface area contributed by atoms with Crippen molar-refractivity contribution in [1.29, 1.82) is 0 Å². The smallest absolute Gasteiger partial charge is 0.255 e. The molecule has 5 rings (SSSR count). The molecule has 4 atom stereocenters. The molecular weight excluding hydrogens is 478 g/mol. The van der Waals surface area contributed by atoms with Crippen molar-refractivity contribution in [2.24, 2.45) is 17.6 Å². The maximum Gasteiger partial charge on any atom is 0.255 e. The number of rotatable bonds is 3. The van der Waals surface area contributed by atoms with Crippen LogP contribution in [0, 0.1) is 11.8 Å². The summed E-state index contributed by atoms with van der Waals surface area (Å²) < 4.78 is 0. The molecule has 8 N–H and O–H groups in total. The summed E-state index contributed by atoms with van der Waals surface area (Å²) in [6.07, 6.45) is 0.227. The number of hydrogen-bond donors (Lipinski definition) is 6. The van der Waals surface area contributed by atoms with E-state index in [-0.39, 0.29) is 29.7 Å². The number of ketones is 2. The minimum Gasteiger partial charge on any atom is -0.508 e. The van der Waals surface area contributed by atoms with Crippen molar-refractivity contribution in [1.82, 2.24) is 4.90 Å². The van der Waals surface area contributed by atoms with Gasteiger partial charge in [0.05, 0.1) is 11.6 Å². The summed E-state index contributed by atoms with van der Waals surface area (Å²) in [7, 11) is 3.12. The predicted molar refractivity (Wildman–Crippen MR) is 134 cm³/mol. The van der Waals surface area contributed by atoms with Crippen molar-refractivity contribution in [2.75, 3.05) is 19.8 Å². The Balaban J connectivity index is 1.75. The number of amides is 1. The van der Waals surface area contributed by atoms with Crippen LogP contribution in [0.1, 0.15) is 17.5 Å². The molecule has 1 fully saturated rings. The van der Waals surface area contributed by atoms with Gasteiger partial charge >= 0.3 is 0 Å². The highest BCUT2D eigenvalue weighted by Crippen LogP contribution is 2.53. The van der Waals surface area contributed by atoms with Crippen LogP contribution < -0.4 is 11.5 Å². The van der Waals surface area contributed by atoms with Crippen molar-refractivity contribution < 1.29 is 34.8 Å². The Hall–Kier alpha value is -4.15. The monoisotopic (exact) mass is 505 g/mol. The number of fused-ring (bicyclic) bond motifs is 3. The number of primary amides is 1.